The second kappa shape index (κ2) is 6.37. The van der Waals surface area contributed by atoms with Crippen LogP contribution in [0.1, 0.15) is 25.1 Å². The van der Waals surface area contributed by atoms with Gasteiger partial charge >= 0.3 is 0 Å². The second-order valence-corrected chi connectivity index (χ2v) is 6.18. The zero-order valence-electron chi connectivity index (χ0n) is 10.8. The number of hydrogen-bond donors (Lipinski definition) is 3. The minimum absolute atomic E-state index is 0.00141. The molecule has 9 nitrogen and oxygen atoms in total. The van der Waals surface area contributed by atoms with E-state index in [1.54, 1.807) is 0 Å². The van der Waals surface area contributed by atoms with E-state index in [1.165, 1.54) is 4.31 Å². The van der Waals surface area contributed by atoms with Gasteiger partial charge in [0.05, 0.1) is 6.54 Å². The topological polar surface area (TPSA) is 116 Å². The number of piperidine rings is 1. The highest BCUT2D eigenvalue weighted by atomic mass is 32.2. The van der Waals surface area contributed by atoms with Crippen LogP contribution in [-0.4, -0.2) is 59.5 Å². The fourth-order valence-corrected chi connectivity index (χ4v) is 3.65. The molecule has 0 spiro atoms. The molecule has 2 heterocycles. The number of aromatic nitrogens is 4. The third kappa shape index (κ3) is 3.69. The molecule has 1 aliphatic heterocycles. The Morgan fingerprint density at radius 2 is 2.32 bits per heavy atom. The molecule has 1 saturated heterocycles. The summed E-state index contributed by atoms with van der Waals surface area (Å²) >= 11 is 0. The van der Waals surface area contributed by atoms with Gasteiger partial charge in [0.1, 0.15) is 0 Å². The summed E-state index contributed by atoms with van der Waals surface area (Å²) in [5.74, 6) is 0.325. The van der Waals surface area contributed by atoms with E-state index in [1.807, 2.05) is 7.05 Å². The van der Waals surface area contributed by atoms with Gasteiger partial charge in [0, 0.05) is 19.1 Å². The van der Waals surface area contributed by atoms with Gasteiger partial charge in [-0.15, -0.1) is 10.2 Å². The Bertz CT molecular complexity index is 473. The average molecular weight is 289 g/mol. The van der Waals surface area contributed by atoms with E-state index in [2.05, 4.69) is 30.7 Å². The van der Waals surface area contributed by atoms with Gasteiger partial charge in [-0.1, -0.05) is 11.6 Å². The van der Waals surface area contributed by atoms with Crippen molar-refractivity contribution in [2.45, 2.75) is 31.8 Å². The number of nitrogens with zero attached hydrogens (tertiary/aromatic N) is 4. The SMILES string of the molecule is CNCC1CCCCN1S(=O)(=O)NCc1nn[nH]n1. The lowest BCUT2D eigenvalue weighted by Gasteiger charge is -2.34. The van der Waals surface area contributed by atoms with Gasteiger partial charge in [-0.05, 0) is 19.9 Å². The Balaban J connectivity index is 2.00. The van der Waals surface area contributed by atoms with Gasteiger partial charge in [0.25, 0.3) is 10.2 Å². The van der Waals surface area contributed by atoms with Crippen molar-refractivity contribution in [1.29, 1.82) is 0 Å². The van der Waals surface area contributed by atoms with Crippen LogP contribution in [0.2, 0.25) is 0 Å². The van der Waals surface area contributed by atoms with E-state index in [-0.39, 0.29) is 12.6 Å². The lowest BCUT2D eigenvalue weighted by Crippen LogP contribution is -2.51. The molecule has 3 N–H and O–H groups in total. The number of likely N-dealkylation sites (N-methyl/N-ethyl adjacent to an activating group) is 1. The molecule has 10 heteroatoms. The first-order valence-corrected chi connectivity index (χ1v) is 7.71. The summed E-state index contributed by atoms with van der Waals surface area (Å²) in [6, 6.07) is 0.00141. The van der Waals surface area contributed by atoms with Crippen LogP contribution in [0.15, 0.2) is 0 Å². The number of H-pyrrole nitrogens is 1. The average Bonchev–Trinajstić information content (AvgIpc) is 2.91. The maximum absolute atomic E-state index is 12.3. The van der Waals surface area contributed by atoms with E-state index in [0.29, 0.717) is 18.9 Å². The zero-order chi connectivity index (χ0) is 13.7. The largest absolute Gasteiger partial charge is 0.318 e. The molecule has 1 unspecified atom stereocenters. The highest BCUT2D eigenvalue weighted by molar-refractivity contribution is 7.87. The standard InChI is InChI=1S/C9H19N7O2S/c1-10-6-8-4-2-3-5-16(8)19(17,18)11-7-9-12-14-15-13-9/h8,10-11H,2-7H2,1H3,(H,12,13,14,15). The Morgan fingerprint density at radius 3 is 3.00 bits per heavy atom. The minimum Gasteiger partial charge on any atom is -0.318 e. The molecule has 19 heavy (non-hydrogen) atoms. The number of rotatable bonds is 6. The van der Waals surface area contributed by atoms with Crippen LogP contribution in [-0.2, 0) is 16.8 Å². The summed E-state index contributed by atoms with van der Waals surface area (Å²) in [5, 5.41) is 16.1. The summed E-state index contributed by atoms with van der Waals surface area (Å²) < 4.78 is 28.6. The van der Waals surface area contributed by atoms with Gasteiger partial charge in [-0.3, -0.25) is 0 Å². The van der Waals surface area contributed by atoms with Crippen molar-refractivity contribution in [3.8, 4) is 0 Å². The minimum atomic E-state index is -3.51. The van der Waals surface area contributed by atoms with Crippen molar-refractivity contribution in [1.82, 2.24) is 35.0 Å². The highest BCUT2D eigenvalue weighted by Crippen LogP contribution is 2.19. The molecule has 0 bridgehead atoms. The number of aromatic amines is 1. The highest BCUT2D eigenvalue weighted by Gasteiger charge is 2.31. The Hall–Kier alpha value is -1.10. The van der Waals surface area contributed by atoms with Crippen molar-refractivity contribution in [3.05, 3.63) is 5.82 Å². The maximum Gasteiger partial charge on any atom is 0.280 e. The number of nitrogens with one attached hydrogen (secondary N) is 3. The van der Waals surface area contributed by atoms with Crippen molar-refractivity contribution >= 4 is 10.2 Å². The van der Waals surface area contributed by atoms with Gasteiger partial charge in [0.15, 0.2) is 5.82 Å². The second-order valence-electron chi connectivity index (χ2n) is 4.47. The van der Waals surface area contributed by atoms with Crippen LogP contribution in [0, 0.1) is 0 Å². The Kier molecular flexibility index (Phi) is 4.80. The van der Waals surface area contributed by atoms with Crippen LogP contribution in [0.4, 0.5) is 0 Å². The lowest BCUT2D eigenvalue weighted by atomic mass is 10.1. The number of tetrazole rings is 1. The van der Waals surface area contributed by atoms with E-state index in [4.69, 9.17) is 0 Å². The van der Waals surface area contributed by atoms with Gasteiger partial charge in [0.2, 0.25) is 0 Å². The molecule has 1 atom stereocenters. The molecule has 0 amide bonds. The Morgan fingerprint density at radius 1 is 1.47 bits per heavy atom. The third-order valence-corrected chi connectivity index (χ3v) is 4.73. The molecule has 0 radical (unpaired) electrons. The van der Waals surface area contributed by atoms with Crippen molar-refractivity contribution in [3.63, 3.8) is 0 Å². The molecule has 1 aromatic heterocycles. The summed E-state index contributed by atoms with van der Waals surface area (Å²) in [4.78, 5) is 0. The monoisotopic (exact) mass is 289 g/mol. The molecule has 0 aromatic carbocycles. The fraction of sp³-hybridized carbons (Fsp3) is 0.889. The zero-order valence-corrected chi connectivity index (χ0v) is 11.7. The van der Waals surface area contributed by atoms with Gasteiger partial charge in [-0.2, -0.15) is 22.7 Å². The molecule has 0 aliphatic carbocycles. The summed E-state index contributed by atoms with van der Waals surface area (Å²) in [6.45, 7) is 1.25. The van der Waals surface area contributed by atoms with Gasteiger partial charge in [-0.25, -0.2) is 0 Å². The van der Waals surface area contributed by atoms with Crippen LogP contribution >= 0.6 is 0 Å². The molecule has 1 aliphatic rings. The maximum atomic E-state index is 12.3. The fourth-order valence-electron chi connectivity index (χ4n) is 2.23. The van der Waals surface area contributed by atoms with Crippen LogP contribution in [0.3, 0.4) is 0 Å². The normalized spacial score (nSPS) is 21.6. The van der Waals surface area contributed by atoms with Crippen molar-refractivity contribution < 1.29 is 8.42 Å². The molecular weight excluding hydrogens is 270 g/mol. The van der Waals surface area contributed by atoms with Gasteiger partial charge < -0.3 is 5.32 Å². The van der Waals surface area contributed by atoms with Crippen molar-refractivity contribution in [2.75, 3.05) is 20.1 Å². The molecular formula is C9H19N7O2S. The first-order chi connectivity index (χ1) is 9.13. The van der Waals surface area contributed by atoms with E-state index >= 15 is 0 Å². The molecule has 1 aromatic rings. The van der Waals surface area contributed by atoms with E-state index in [0.717, 1.165) is 19.3 Å². The van der Waals surface area contributed by atoms with E-state index < -0.39 is 10.2 Å². The lowest BCUT2D eigenvalue weighted by molar-refractivity contribution is 0.246. The molecule has 1 fully saturated rings. The smallest absolute Gasteiger partial charge is 0.280 e. The summed E-state index contributed by atoms with van der Waals surface area (Å²) in [6.07, 6.45) is 2.83. The van der Waals surface area contributed by atoms with Crippen LogP contribution in [0.5, 0.6) is 0 Å². The summed E-state index contributed by atoms with van der Waals surface area (Å²) in [7, 11) is -1.68. The molecule has 0 saturated carbocycles. The first-order valence-electron chi connectivity index (χ1n) is 6.27. The predicted octanol–water partition coefficient (Wildman–Crippen LogP) is -1.39. The predicted molar refractivity (Wildman–Crippen MR) is 68.2 cm³/mol. The number of hydrogen-bond acceptors (Lipinski definition) is 6. The van der Waals surface area contributed by atoms with Crippen LogP contribution < -0.4 is 10.0 Å². The first kappa shape index (κ1) is 14.3. The third-order valence-electron chi connectivity index (χ3n) is 3.12. The Labute approximate surface area is 112 Å². The summed E-state index contributed by atoms with van der Waals surface area (Å²) in [5.41, 5.74) is 0. The van der Waals surface area contributed by atoms with E-state index in [9.17, 15) is 8.42 Å². The molecule has 108 valence electrons. The quantitative estimate of drug-likeness (QED) is 0.593. The van der Waals surface area contributed by atoms with Crippen LogP contribution in [0.25, 0.3) is 0 Å². The molecule has 2 rings (SSSR count). The van der Waals surface area contributed by atoms with Crippen molar-refractivity contribution in [2.24, 2.45) is 0 Å².